The zero-order chi connectivity index (χ0) is 22.1. The zero-order valence-electron chi connectivity index (χ0n) is 16.6. The van der Waals surface area contributed by atoms with Gasteiger partial charge in [-0.3, -0.25) is 14.4 Å². The first-order valence-electron chi connectivity index (χ1n) is 9.46. The number of hydrogen-bond acceptors (Lipinski definition) is 5. The molecule has 0 atom stereocenters. The van der Waals surface area contributed by atoms with Gasteiger partial charge >= 0.3 is 0 Å². The lowest BCUT2D eigenvalue weighted by Crippen LogP contribution is -2.49. The summed E-state index contributed by atoms with van der Waals surface area (Å²) in [4.78, 5) is 41.7. The first-order chi connectivity index (χ1) is 14.1. The third kappa shape index (κ3) is 4.36. The maximum atomic E-state index is 13.3. The number of carbonyl (C=O) groups is 3. The fraction of sp³-hybridized carbons (Fsp3) is 0.400. The number of anilines is 1. The minimum Gasteiger partial charge on any atom is -0.394 e. The summed E-state index contributed by atoms with van der Waals surface area (Å²) in [6.07, 6.45) is 3.27. The van der Waals surface area contributed by atoms with E-state index in [9.17, 15) is 23.9 Å². The highest BCUT2D eigenvalue weighted by Gasteiger charge is 2.34. The molecule has 3 N–H and O–H groups in total. The normalized spacial score (nSPS) is 13.5. The lowest BCUT2D eigenvalue weighted by molar-refractivity contribution is -0.119. The lowest BCUT2D eigenvalue weighted by Gasteiger charge is -2.23. The largest absolute Gasteiger partial charge is 0.394 e. The van der Waals surface area contributed by atoms with Crippen LogP contribution >= 0.6 is 11.6 Å². The number of aromatic nitrogens is 2. The molecule has 160 valence electrons. The predicted octanol–water partition coefficient (Wildman–Crippen LogP) is 2.33. The number of halogens is 2. The SMILES string of the molecule is CC(C)(CO)NC(=O)C(=O)c1c(Cl)c(C(=O)Nc2ccnc(F)c2)c2n1CCCC2. The second-order valence-electron chi connectivity index (χ2n) is 7.74. The van der Waals surface area contributed by atoms with Gasteiger partial charge in [0.15, 0.2) is 0 Å². The summed E-state index contributed by atoms with van der Waals surface area (Å²) in [5.74, 6) is -3.17. The molecule has 2 amide bonds. The molecule has 0 unspecified atom stereocenters. The van der Waals surface area contributed by atoms with Gasteiger partial charge in [0.05, 0.1) is 22.7 Å². The molecule has 0 aromatic carbocycles. The van der Waals surface area contributed by atoms with Crippen LogP contribution in [0.1, 0.15) is 53.2 Å². The van der Waals surface area contributed by atoms with E-state index in [1.54, 1.807) is 18.4 Å². The van der Waals surface area contributed by atoms with E-state index in [0.29, 0.717) is 18.7 Å². The quantitative estimate of drug-likeness (QED) is 0.365. The van der Waals surface area contributed by atoms with E-state index in [1.165, 1.54) is 12.3 Å². The number of fused-ring (bicyclic) bond motifs is 1. The van der Waals surface area contributed by atoms with E-state index < -0.39 is 29.1 Å². The maximum absolute atomic E-state index is 13.3. The van der Waals surface area contributed by atoms with Crippen LogP contribution in [-0.4, -0.2) is 44.4 Å². The smallest absolute Gasteiger partial charge is 0.294 e. The molecule has 0 saturated heterocycles. The van der Waals surface area contributed by atoms with Gasteiger partial charge in [0, 0.05) is 30.2 Å². The average molecular weight is 437 g/mol. The van der Waals surface area contributed by atoms with Gasteiger partial charge in [0.25, 0.3) is 17.6 Å². The molecule has 0 radical (unpaired) electrons. The van der Waals surface area contributed by atoms with E-state index in [1.807, 2.05) is 0 Å². The summed E-state index contributed by atoms with van der Waals surface area (Å²) in [6, 6.07) is 2.48. The number of aliphatic hydroxyl groups excluding tert-OH is 1. The van der Waals surface area contributed by atoms with Gasteiger partial charge in [-0.25, -0.2) is 4.98 Å². The second kappa shape index (κ2) is 8.53. The summed E-state index contributed by atoms with van der Waals surface area (Å²) in [5, 5.41) is 14.2. The number of amides is 2. The third-order valence-electron chi connectivity index (χ3n) is 4.84. The highest BCUT2D eigenvalue weighted by molar-refractivity contribution is 6.48. The zero-order valence-corrected chi connectivity index (χ0v) is 17.3. The molecule has 30 heavy (non-hydrogen) atoms. The highest BCUT2D eigenvalue weighted by atomic mass is 35.5. The molecule has 3 rings (SSSR count). The van der Waals surface area contributed by atoms with Crippen LogP contribution in [0.25, 0.3) is 0 Å². The van der Waals surface area contributed by atoms with Crippen LogP contribution in [0.15, 0.2) is 18.3 Å². The maximum Gasteiger partial charge on any atom is 0.294 e. The Morgan fingerprint density at radius 3 is 2.73 bits per heavy atom. The van der Waals surface area contributed by atoms with Crippen molar-refractivity contribution in [2.45, 2.75) is 45.2 Å². The van der Waals surface area contributed by atoms with Crippen LogP contribution in [0.2, 0.25) is 5.02 Å². The Hall–Kier alpha value is -2.78. The molecule has 1 aliphatic rings. The van der Waals surface area contributed by atoms with Gasteiger partial charge in [-0.15, -0.1) is 0 Å². The van der Waals surface area contributed by atoms with Crippen LogP contribution in [0, 0.1) is 5.95 Å². The van der Waals surface area contributed by atoms with Gasteiger partial charge in [-0.2, -0.15) is 4.39 Å². The van der Waals surface area contributed by atoms with Crippen molar-refractivity contribution in [1.29, 1.82) is 0 Å². The Labute approximate surface area is 177 Å². The number of nitrogens with zero attached hydrogens (tertiary/aromatic N) is 2. The van der Waals surface area contributed by atoms with Gasteiger partial charge in [-0.05, 0) is 39.2 Å². The summed E-state index contributed by atoms with van der Waals surface area (Å²) < 4.78 is 14.9. The Balaban J connectivity index is 1.98. The second-order valence-corrected chi connectivity index (χ2v) is 8.12. The number of hydrogen-bond donors (Lipinski definition) is 3. The van der Waals surface area contributed by atoms with Crippen LogP contribution in [-0.2, 0) is 17.8 Å². The van der Waals surface area contributed by atoms with Crippen molar-refractivity contribution in [2.24, 2.45) is 0 Å². The molecule has 0 aliphatic carbocycles. The summed E-state index contributed by atoms with van der Waals surface area (Å²) >= 11 is 6.44. The minimum absolute atomic E-state index is 0.0661. The van der Waals surface area contributed by atoms with Crippen molar-refractivity contribution in [3.8, 4) is 0 Å². The first-order valence-corrected chi connectivity index (χ1v) is 9.84. The third-order valence-corrected chi connectivity index (χ3v) is 5.21. The van der Waals surface area contributed by atoms with Crippen LogP contribution < -0.4 is 10.6 Å². The summed E-state index contributed by atoms with van der Waals surface area (Å²) in [6.45, 7) is 3.21. The lowest BCUT2D eigenvalue weighted by atomic mass is 10.1. The van der Waals surface area contributed by atoms with Crippen LogP contribution in [0.4, 0.5) is 10.1 Å². The molecule has 1 aliphatic heterocycles. The average Bonchev–Trinajstić information content (AvgIpc) is 2.98. The fourth-order valence-corrected chi connectivity index (χ4v) is 3.72. The van der Waals surface area contributed by atoms with Gasteiger partial charge in [0.2, 0.25) is 5.95 Å². The van der Waals surface area contributed by atoms with Crippen molar-refractivity contribution < 1.29 is 23.9 Å². The molecule has 0 fully saturated rings. The Morgan fingerprint density at radius 1 is 1.33 bits per heavy atom. The predicted molar refractivity (Wildman–Crippen MR) is 108 cm³/mol. The molecule has 0 spiro atoms. The Bertz CT molecular complexity index is 1020. The van der Waals surface area contributed by atoms with Crippen molar-refractivity contribution in [3.63, 3.8) is 0 Å². The number of nitrogens with one attached hydrogen (secondary N) is 2. The van der Waals surface area contributed by atoms with E-state index >= 15 is 0 Å². The Morgan fingerprint density at radius 2 is 2.07 bits per heavy atom. The molecule has 8 nitrogen and oxygen atoms in total. The number of aliphatic hydroxyl groups is 1. The van der Waals surface area contributed by atoms with E-state index in [4.69, 9.17) is 11.6 Å². The van der Waals surface area contributed by atoms with E-state index in [-0.39, 0.29) is 28.6 Å². The monoisotopic (exact) mass is 436 g/mol. The molecule has 0 saturated carbocycles. The number of carbonyl (C=O) groups excluding carboxylic acids is 3. The number of ketones is 1. The van der Waals surface area contributed by atoms with Gasteiger partial charge < -0.3 is 20.3 Å². The first kappa shape index (κ1) is 21.9. The van der Waals surface area contributed by atoms with Crippen LogP contribution in [0.3, 0.4) is 0 Å². The van der Waals surface area contributed by atoms with Crippen LogP contribution in [0.5, 0.6) is 0 Å². The summed E-state index contributed by atoms with van der Waals surface area (Å²) in [7, 11) is 0. The van der Waals surface area contributed by atoms with Gasteiger partial charge in [0.1, 0.15) is 5.69 Å². The van der Waals surface area contributed by atoms with Crippen molar-refractivity contribution in [2.75, 3.05) is 11.9 Å². The number of pyridine rings is 1. The highest BCUT2D eigenvalue weighted by Crippen LogP contribution is 2.33. The van der Waals surface area contributed by atoms with Crippen molar-refractivity contribution in [3.05, 3.63) is 46.3 Å². The molecule has 2 aromatic heterocycles. The molecular formula is C20H22ClFN4O4. The molecule has 0 bridgehead atoms. The molecule has 2 aromatic rings. The van der Waals surface area contributed by atoms with Crippen molar-refractivity contribution >= 4 is 34.9 Å². The summed E-state index contributed by atoms with van der Waals surface area (Å²) in [5.41, 5.74) is -0.234. The molecule has 10 heteroatoms. The number of rotatable bonds is 6. The van der Waals surface area contributed by atoms with Gasteiger partial charge in [-0.1, -0.05) is 11.6 Å². The topological polar surface area (TPSA) is 113 Å². The number of Topliss-reactive ketones (excluding diaryl/α,β-unsaturated/α-hetero) is 1. The minimum atomic E-state index is -0.998. The molecule has 3 heterocycles. The fourth-order valence-electron chi connectivity index (χ4n) is 3.34. The Kier molecular flexibility index (Phi) is 6.23. The van der Waals surface area contributed by atoms with E-state index in [0.717, 1.165) is 18.9 Å². The van der Waals surface area contributed by atoms with Crippen molar-refractivity contribution in [1.82, 2.24) is 14.9 Å². The molecular weight excluding hydrogens is 415 g/mol. The standard InChI is InChI=1S/C20H22ClFN4O4/c1-20(2,10-27)25-19(30)17(28)16-15(21)14(12-5-3-4-8-26(12)16)18(29)24-11-6-7-23-13(22)9-11/h6-7,9,27H,3-5,8,10H2,1-2H3,(H,25,30)(H,23,24,29). The van der Waals surface area contributed by atoms with E-state index in [2.05, 4.69) is 15.6 Å².